The molecule has 0 amide bonds. The van der Waals surface area contributed by atoms with Crippen LogP contribution in [0.5, 0.6) is 11.8 Å². The van der Waals surface area contributed by atoms with Gasteiger partial charge in [0.1, 0.15) is 11.4 Å². The van der Waals surface area contributed by atoms with Crippen molar-refractivity contribution >= 4 is 0 Å². The standard InChI is InChI=1S/C19H15N5O2/c1-12-4-9-16(22-13(12)2)18-23-17(24-26-18)14-5-7-15(8-6-14)25-19-20-10-3-11-21-19/h3-11H,1-2H3. The molecule has 4 rings (SSSR count). The fourth-order valence-electron chi connectivity index (χ4n) is 2.31. The maximum atomic E-state index is 5.57. The van der Waals surface area contributed by atoms with Crippen LogP contribution in [0.2, 0.25) is 0 Å². The number of aromatic nitrogens is 5. The van der Waals surface area contributed by atoms with Crippen LogP contribution in [0.1, 0.15) is 11.3 Å². The van der Waals surface area contributed by atoms with E-state index in [0.717, 1.165) is 16.8 Å². The van der Waals surface area contributed by atoms with Crippen molar-refractivity contribution in [3.05, 3.63) is 66.1 Å². The molecule has 0 aliphatic heterocycles. The topological polar surface area (TPSA) is 86.8 Å². The largest absolute Gasteiger partial charge is 0.424 e. The Morgan fingerprint density at radius 1 is 0.885 bits per heavy atom. The maximum absolute atomic E-state index is 5.57. The Labute approximate surface area is 149 Å². The van der Waals surface area contributed by atoms with Gasteiger partial charge in [0, 0.05) is 23.7 Å². The van der Waals surface area contributed by atoms with Gasteiger partial charge in [0.05, 0.1) is 0 Å². The lowest BCUT2D eigenvalue weighted by Crippen LogP contribution is -1.91. The number of hydrogen-bond acceptors (Lipinski definition) is 7. The third-order valence-electron chi connectivity index (χ3n) is 3.86. The molecule has 0 aliphatic rings. The van der Waals surface area contributed by atoms with Crippen LogP contribution in [0, 0.1) is 13.8 Å². The van der Waals surface area contributed by atoms with Gasteiger partial charge in [-0.3, -0.25) is 0 Å². The molecule has 7 nitrogen and oxygen atoms in total. The van der Waals surface area contributed by atoms with Crippen LogP contribution in [0.15, 0.2) is 59.4 Å². The van der Waals surface area contributed by atoms with Gasteiger partial charge in [0.2, 0.25) is 5.82 Å². The van der Waals surface area contributed by atoms with Crippen molar-refractivity contribution in [1.29, 1.82) is 0 Å². The summed E-state index contributed by atoms with van der Waals surface area (Å²) in [6.07, 6.45) is 3.25. The third-order valence-corrected chi connectivity index (χ3v) is 3.86. The Bertz CT molecular complexity index is 1030. The highest BCUT2D eigenvalue weighted by Gasteiger charge is 2.12. The van der Waals surface area contributed by atoms with E-state index in [2.05, 4.69) is 25.1 Å². The van der Waals surface area contributed by atoms with Gasteiger partial charge < -0.3 is 9.26 Å². The molecule has 0 atom stereocenters. The smallest absolute Gasteiger partial charge is 0.321 e. The van der Waals surface area contributed by atoms with Crippen molar-refractivity contribution in [2.24, 2.45) is 0 Å². The minimum absolute atomic E-state index is 0.294. The molecule has 0 saturated carbocycles. The predicted octanol–water partition coefficient (Wildman–Crippen LogP) is 4.00. The van der Waals surface area contributed by atoms with Gasteiger partial charge >= 0.3 is 6.01 Å². The molecule has 0 spiro atoms. The van der Waals surface area contributed by atoms with Crippen LogP contribution in [-0.2, 0) is 0 Å². The highest BCUT2D eigenvalue weighted by atomic mass is 16.5. The summed E-state index contributed by atoms with van der Waals surface area (Å²) in [7, 11) is 0. The molecular formula is C19H15N5O2. The first-order valence-corrected chi connectivity index (χ1v) is 8.03. The first-order valence-electron chi connectivity index (χ1n) is 8.03. The first kappa shape index (κ1) is 15.9. The molecule has 0 N–H and O–H groups in total. The zero-order chi connectivity index (χ0) is 17.9. The molecule has 26 heavy (non-hydrogen) atoms. The van der Waals surface area contributed by atoms with E-state index < -0.39 is 0 Å². The van der Waals surface area contributed by atoms with Crippen LogP contribution in [0.3, 0.4) is 0 Å². The summed E-state index contributed by atoms with van der Waals surface area (Å²) < 4.78 is 10.9. The summed E-state index contributed by atoms with van der Waals surface area (Å²) in [6.45, 7) is 3.96. The highest BCUT2D eigenvalue weighted by Crippen LogP contribution is 2.25. The number of nitrogens with zero attached hydrogens (tertiary/aromatic N) is 5. The summed E-state index contributed by atoms with van der Waals surface area (Å²) in [6, 6.07) is 13.2. The first-order chi connectivity index (χ1) is 12.7. The monoisotopic (exact) mass is 345 g/mol. The summed E-state index contributed by atoms with van der Waals surface area (Å²) in [5.74, 6) is 1.50. The van der Waals surface area contributed by atoms with Gasteiger partial charge in [-0.05, 0) is 55.8 Å². The molecule has 4 aromatic rings. The van der Waals surface area contributed by atoms with Crippen LogP contribution in [0.25, 0.3) is 23.0 Å². The van der Waals surface area contributed by atoms with E-state index in [0.29, 0.717) is 29.2 Å². The molecule has 0 bridgehead atoms. The third kappa shape index (κ3) is 3.27. The van der Waals surface area contributed by atoms with Crippen LogP contribution in [0.4, 0.5) is 0 Å². The fourth-order valence-corrected chi connectivity index (χ4v) is 2.31. The Morgan fingerprint density at radius 3 is 2.38 bits per heavy atom. The van der Waals surface area contributed by atoms with Gasteiger partial charge in [-0.15, -0.1) is 0 Å². The lowest BCUT2D eigenvalue weighted by atomic mass is 10.2. The number of ether oxygens (including phenoxy) is 1. The molecule has 0 saturated heterocycles. The van der Waals surface area contributed by atoms with E-state index in [-0.39, 0.29) is 0 Å². The number of pyridine rings is 1. The average Bonchev–Trinajstić information content (AvgIpc) is 3.16. The summed E-state index contributed by atoms with van der Waals surface area (Å²) in [4.78, 5) is 17.0. The van der Waals surface area contributed by atoms with E-state index in [9.17, 15) is 0 Å². The molecular weight excluding hydrogens is 330 g/mol. The van der Waals surface area contributed by atoms with Gasteiger partial charge in [-0.1, -0.05) is 11.2 Å². The molecule has 1 aromatic carbocycles. The Balaban J connectivity index is 1.55. The second-order valence-corrected chi connectivity index (χ2v) is 5.68. The SMILES string of the molecule is Cc1ccc(-c2nc(-c3ccc(Oc4ncccn4)cc3)no2)nc1C. The molecule has 3 aromatic heterocycles. The Hall–Kier alpha value is -3.61. The second kappa shape index (κ2) is 6.72. The summed E-state index contributed by atoms with van der Waals surface area (Å²) >= 11 is 0. The van der Waals surface area contributed by atoms with E-state index >= 15 is 0 Å². The Kier molecular flexibility index (Phi) is 4.10. The van der Waals surface area contributed by atoms with E-state index in [1.54, 1.807) is 30.6 Å². The minimum Gasteiger partial charge on any atom is -0.424 e. The van der Waals surface area contributed by atoms with Gasteiger partial charge in [-0.25, -0.2) is 15.0 Å². The van der Waals surface area contributed by atoms with Crippen molar-refractivity contribution in [2.45, 2.75) is 13.8 Å². The zero-order valence-electron chi connectivity index (χ0n) is 14.2. The number of hydrogen-bond donors (Lipinski definition) is 0. The van der Waals surface area contributed by atoms with Crippen LogP contribution < -0.4 is 4.74 Å². The van der Waals surface area contributed by atoms with Gasteiger partial charge in [0.25, 0.3) is 5.89 Å². The second-order valence-electron chi connectivity index (χ2n) is 5.68. The van der Waals surface area contributed by atoms with Crippen molar-refractivity contribution in [3.63, 3.8) is 0 Å². The number of aryl methyl sites for hydroxylation is 2. The van der Waals surface area contributed by atoms with Crippen molar-refractivity contribution in [3.8, 4) is 34.7 Å². The number of rotatable bonds is 4. The van der Waals surface area contributed by atoms with Gasteiger partial charge in [0.15, 0.2) is 0 Å². The molecule has 3 heterocycles. The van der Waals surface area contributed by atoms with Crippen LogP contribution in [-0.4, -0.2) is 25.1 Å². The molecule has 0 aliphatic carbocycles. The van der Waals surface area contributed by atoms with Gasteiger partial charge in [-0.2, -0.15) is 4.98 Å². The number of benzene rings is 1. The molecule has 7 heteroatoms. The molecule has 128 valence electrons. The highest BCUT2D eigenvalue weighted by molar-refractivity contribution is 5.59. The van der Waals surface area contributed by atoms with Crippen molar-refractivity contribution in [1.82, 2.24) is 25.1 Å². The zero-order valence-corrected chi connectivity index (χ0v) is 14.2. The average molecular weight is 345 g/mol. The molecule has 0 fully saturated rings. The lowest BCUT2D eigenvalue weighted by Gasteiger charge is -2.03. The van der Waals surface area contributed by atoms with Crippen LogP contribution >= 0.6 is 0 Å². The molecule has 0 unspecified atom stereocenters. The summed E-state index contributed by atoms with van der Waals surface area (Å²) in [5.41, 5.74) is 3.52. The fraction of sp³-hybridized carbons (Fsp3) is 0.105. The van der Waals surface area contributed by atoms with E-state index in [1.165, 1.54) is 0 Å². The van der Waals surface area contributed by atoms with Crippen molar-refractivity contribution < 1.29 is 9.26 Å². The lowest BCUT2D eigenvalue weighted by molar-refractivity contribution is 0.430. The minimum atomic E-state index is 0.294. The predicted molar refractivity (Wildman–Crippen MR) is 94.5 cm³/mol. The van der Waals surface area contributed by atoms with E-state index in [1.807, 2.05) is 38.1 Å². The summed E-state index contributed by atoms with van der Waals surface area (Å²) in [5, 5.41) is 4.04. The Morgan fingerprint density at radius 2 is 1.65 bits per heavy atom. The van der Waals surface area contributed by atoms with Crippen molar-refractivity contribution in [2.75, 3.05) is 0 Å². The molecule has 0 radical (unpaired) electrons. The quantitative estimate of drug-likeness (QED) is 0.552. The maximum Gasteiger partial charge on any atom is 0.321 e. The van der Waals surface area contributed by atoms with E-state index in [4.69, 9.17) is 9.26 Å². The normalized spacial score (nSPS) is 10.7.